The highest BCUT2D eigenvalue weighted by molar-refractivity contribution is 5.95. The van der Waals surface area contributed by atoms with Crippen LogP contribution >= 0.6 is 0 Å². The van der Waals surface area contributed by atoms with E-state index in [1.165, 1.54) is 24.5 Å². The first-order chi connectivity index (χ1) is 15.8. The number of carbonyl (C=O) groups excluding carboxylic acids is 1. The highest BCUT2D eigenvalue weighted by Crippen LogP contribution is 2.29. The zero-order valence-electron chi connectivity index (χ0n) is 19.6. The lowest BCUT2D eigenvalue weighted by Gasteiger charge is -2.30. The quantitative estimate of drug-likeness (QED) is 0.506. The zero-order chi connectivity index (χ0) is 23.5. The minimum atomic E-state index is -0.451. The monoisotopic (exact) mass is 452 g/mol. The fourth-order valence-electron chi connectivity index (χ4n) is 4.79. The molecular weight excluding hydrogens is 420 g/mol. The summed E-state index contributed by atoms with van der Waals surface area (Å²) in [4.78, 5) is 35.0. The number of nitro benzene ring substituents is 1. The van der Waals surface area contributed by atoms with Crippen LogP contribution < -0.4 is 15.5 Å². The molecule has 9 heteroatoms. The second-order valence-corrected chi connectivity index (χ2v) is 9.32. The van der Waals surface area contributed by atoms with Gasteiger partial charge in [-0.25, -0.2) is 4.98 Å². The Morgan fingerprint density at radius 3 is 2.48 bits per heavy atom. The van der Waals surface area contributed by atoms with Gasteiger partial charge in [-0.05, 0) is 64.4 Å². The molecule has 0 bridgehead atoms. The molecule has 1 saturated carbocycles. The van der Waals surface area contributed by atoms with Gasteiger partial charge in [-0.1, -0.05) is 6.07 Å². The number of rotatable bonds is 6. The van der Waals surface area contributed by atoms with Crippen molar-refractivity contribution in [2.75, 3.05) is 24.3 Å². The molecule has 1 heterocycles. The molecule has 0 aliphatic heterocycles. The minimum absolute atomic E-state index is 0.0299. The Morgan fingerprint density at radius 2 is 1.79 bits per heavy atom. The van der Waals surface area contributed by atoms with Crippen LogP contribution in [-0.2, 0) is 12.8 Å². The number of carbonyl (C=O) groups is 1. The van der Waals surface area contributed by atoms with Gasteiger partial charge < -0.3 is 15.5 Å². The van der Waals surface area contributed by atoms with E-state index in [1.807, 2.05) is 14.1 Å². The fraction of sp³-hybridized carbons (Fsp3) is 0.542. The van der Waals surface area contributed by atoms with Gasteiger partial charge in [-0.3, -0.25) is 14.9 Å². The van der Waals surface area contributed by atoms with Gasteiger partial charge in [0.05, 0.1) is 10.6 Å². The van der Waals surface area contributed by atoms with Crippen LogP contribution in [0.25, 0.3) is 0 Å². The van der Waals surface area contributed by atoms with Gasteiger partial charge in [-0.15, -0.1) is 0 Å². The Labute approximate surface area is 194 Å². The van der Waals surface area contributed by atoms with Gasteiger partial charge in [0.25, 0.3) is 11.6 Å². The molecule has 0 unspecified atom stereocenters. The number of nitro groups is 1. The summed E-state index contributed by atoms with van der Waals surface area (Å²) in [6.45, 7) is 1.67. The summed E-state index contributed by atoms with van der Waals surface area (Å²) < 4.78 is 0. The maximum absolute atomic E-state index is 12.6. The molecule has 1 aromatic carbocycles. The van der Waals surface area contributed by atoms with Crippen molar-refractivity contribution in [3.8, 4) is 0 Å². The number of amides is 1. The standard InChI is InChI=1S/C24H32N6O3/c1-15-8-9-16(14-21(15)30(32)33)23(31)25-17-10-12-18(13-11-17)26-24-27-20-7-5-4-6-19(20)22(28-24)29(2)3/h8-9,14,17-18H,4-7,10-13H2,1-3H3,(H,25,31)(H,26,27,28). The van der Waals surface area contributed by atoms with E-state index in [0.717, 1.165) is 50.0 Å². The van der Waals surface area contributed by atoms with Crippen LogP contribution in [0.4, 0.5) is 17.5 Å². The van der Waals surface area contributed by atoms with Gasteiger partial charge in [0.15, 0.2) is 0 Å². The first kappa shape index (κ1) is 22.9. The van der Waals surface area contributed by atoms with E-state index in [4.69, 9.17) is 9.97 Å². The van der Waals surface area contributed by atoms with Crippen molar-refractivity contribution in [1.29, 1.82) is 0 Å². The summed E-state index contributed by atoms with van der Waals surface area (Å²) in [7, 11) is 4.05. The maximum Gasteiger partial charge on any atom is 0.273 e. The molecule has 2 aromatic rings. The number of benzene rings is 1. The Bertz CT molecular complexity index is 1050. The van der Waals surface area contributed by atoms with E-state index in [2.05, 4.69) is 15.5 Å². The third kappa shape index (κ3) is 5.23. The average molecular weight is 453 g/mol. The molecule has 4 rings (SSSR count). The SMILES string of the molecule is Cc1ccc(C(=O)NC2CCC(Nc3nc4c(c(N(C)C)n3)CCCC4)CC2)cc1[N+](=O)[O-]. The largest absolute Gasteiger partial charge is 0.362 e. The molecule has 1 aromatic heterocycles. The number of anilines is 2. The molecule has 176 valence electrons. The minimum Gasteiger partial charge on any atom is -0.362 e. The van der Waals surface area contributed by atoms with Crippen LogP contribution in [0, 0.1) is 17.0 Å². The molecule has 0 spiro atoms. The van der Waals surface area contributed by atoms with E-state index < -0.39 is 4.92 Å². The molecular formula is C24H32N6O3. The second kappa shape index (κ2) is 9.72. The predicted octanol–water partition coefficient (Wildman–Crippen LogP) is 3.79. The zero-order valence-corrected chi connectivity index (χ0v) is 19.6. The number of aromatic nitrogens is 2. The highest BCUT2D eigenvalue weighted by atomic mass is 16.6. The van der Waals surface area contributed by atoms with E-state index in [0.29, 0.717) is 17.1 Å². The molecule has 0 atom stereocenters. The Kier molecular flexibility index (Phi) is 6.76. The number of nitrogens with one attached hydrogen (secondary N) is 2. The maximum atomic E-state index is 12.6. The summed E-state index contributed by atoms with van der Waals surface area (Å²) in [5, 5.41) is 17.7. The Balaban J connectivity index is 1.35. The number of nitrogens with zero attached hydrogens (tertiary/aromatic N) is 4. The molecule has 2 N–H and O–H groups in total. The molecule has 2 aliphatic rings. The smallest absolute Gasteiger partial charge is 0.273 e. The third-order valence-electron chi connectivity index (χ3n) is 6.65. The average Bonchev–Trinajstić information content (AvgIpc) is 2.79. The Hall–Kier alpha value is -3.23. The van der Waals surface area contributed by atoms with Crippen LogP contribution in [-0.4, -0.2) is 47.0 Å². The van der Waals surface area contributed by atoms with E-state index in [-0.39, 0.29) is 23.7 Å². The summed E-state index contributed by atoms with van der Waals surface area (Å²) >= 11 is 0. The number of fused-ring (bicyclic) bond motifs is 1. The van der Waals surface area contributed by atoms with Gasteiger partial charge in [0.1, 0.15) is 5.82 Å². The first-order valence-corrected chi connectivity index (χ1v) is 11.7. The second-order valence-electron chi connectivity index (χ2n) is 9.32. The van der Waals surface area contributed by atoms with E-state index >= 15 is 0 Å². The van der Waals surface area contributed by atoms with Crippen molar-refractivity contribution in [1.82, 2.24) is 15.3 Å². The van der Waals surface area contributed by atoms with E-state index in [9.17, 15) is 14.9 Å². The fourth-order valence-corrected chi connectivity index (χ4v) is 4.79. The summed E-state index contributed by atoms with van der Waals surface area (Å²) in [5.74, 6) is 1.44. The lowest BCUT2D eigenvalue weighted by Crippen LogP contribution is -2.40. The van der Waals surface area contributed by atoms with Crippen LogP contribution in [0.5, 0.6) is 0 Å². The van der Waals surface area contributed by atoms with Crippen molar-refractivity contribution < 1.29 is 9.72 Å². The normalized spacial score (nSPS) is 20.0. The van der Waals surface area contributed by atoms with Crippen LogP contribution in [0.1, 0.15) is 65.7 Å². The molecule has 0 radical (unpaired) electrons. The third-order valence-corrected chi connectivity index (χ3v) is 6.65. The summed E-state index contributed by atoms with van der Waals surface area (Å²) in [6.07, 6.45) is 7.88. The van der Waals surface area contributed by atoms with Gasteiger partial charge in [0, 0.05) is 48.9 Å². The lowest BCUT2D eigenvalue weighted by atomic mass is 9.91. The van der Waals surface area contributed by atoms with Crippen molar-refractivity contribution in [2.24, 2.45) is 0 Å². The molecule has 0 saturated heterocycles. The van der Waals surface area contributed by atoms with Crippen molar-refractivity contribution >= 4 is 23.4 Å². The number of aryl methyl sites for hydroxylation is 2. The predicted molar refractivity (Wildman–Crippen MR) is 128 cm³/mol. The summed E-state index contributed by atoms with van der Waals surface area (Å²) in [5.41, 5.74) is 3.28. The number of hydrogen-bond acceptors (Lipinski definition) is 7. The molecule has 1 amide bonds. The van der Waals surface area contributed by atoms with Crippen LogP contribution in [0.3, 0.4) is 0 Å². The lowest BCUT2D eigenvalue weighted by molar-refractivity contribution is -0.385. The van der Waals surface area contributed by atoms with Crippen molar-refractivity contribution in [3.63, 3.8) is 0 Å². The van der Waals surface area contributed by atoms with Gasteiger partial charge in [0.2, 0.25) is 5.95 Å². The van der Waals surface area contributed by atoms with Crippen molar-refractivity contribution in [3.05, 3.63) is 50.7 Å². The molecule has 9 nitrogen and oxygen atoms in total. The Morgan fingerprint density at radius 1 is 1.09 bits per heavy atom. The van der Waals surface area contributed by atoms with Crippen LogP contribution in [0.15, 0.2) is 18.2 Å². The van der Waals surface area contributed by atoms with Gasteiger partial charge >= 0.3 is 0 Å². The van der Waals surface area contributed by atoms with Crippen LogP contribution in [0.2, 0.25) is 0 Å². The molecule has 33 heavy (non-hydrogen) atoms. The highest BCUT2D eigenvalue weighted by Gasteiger charge is 2.25. The first-order valence-electron chi connectivity index (χ1n) is 11.7. The van der Waals surface area contributed by atoms with Crippen molar-refractivity contribution in [2.45, 2.75) is 70.4 Å². The number of hydrogen-bond donors (Lipinski definition) is 2. The van der Waals surface area contributed by atoms with Gasteiger partial charge in [-0.2, -0.15) is 4.98 Å². The molecule has 1 fully saturated rings. The topological polar surface area (TPSA) is 113 Å². The van der Waals surface area contributed by atoms with E-state index in [1.54, 1.807) is 19.1 Å². The molecule has 2 aliphatic carbocycles. The summed E-state index contributed by atoms with van der Waals surface area (Å²) in [6, 6.07) is 4.93.